The second-order valence-electron chi connectivity index (χ2n) is 4.31. The Morgan fingerprint density at radius 1 is 1.31 bits per heavy atom. The van der Waals surface area contributed by atoms with Crippen molar-refractivity contribution in [2.45, 2.75) is 20.8 Å². The number of rotatable bonds is 3. The molecule has 1 rings (SSSR count). The third kappa shape index (κ3) is 2.86. The first-order chi connectivity index (χ1) is 7.34. The van der Waals surface area contributed by atoms with Gasteiger partial charge in [0.15, 0.2) is 0 Å². The number of hydrogen-bond donors (Lipinski definition) is 1. The van der Waals surface area contributed by atoms with E-state index in [0.29, 0.717) is 5.02 Å². The number of benzene rings is 1. The summed E-state index contributed by atoms with van der Waals surface area (Å²) in [5, 5.41) is 9.75. The van der Waals surface area contributed by atoms with Gasteiger partial charge in [0.25, 0.3) is 0 Å². The molecule has 0 saturated heterocycles. The van der Waals surface area contributed by atoms with Crippen LogP contribution in [0.1, 0.15) is 26.3 Å². The van der Waals surface area contributed by atoms with Gasteiger partial charge in [0.05, 0.1) is 5.41 Å². The smallest absolute Gasteiger partial charge is 0.313 e. The van der Waals surface area contributed by atoms with Gasteiger partial charge < -0.3 is 5.11 Å². The molecule has 1 N–H and O–H groups in total. The Morgan fingerprint density at radius 3 is 2.25 bits per heavy atom. The lowest BCUT2D eigenvalue weighted by Crippen LogP contribution is -2.24. The summed E-state index contributed by atoms with van der Waals surface area (Å²) in [6, 6.07) is 7.30. The van der Waals surface area contributed by atoms with Gasteiger partial charge in [-0.3, -0.25) is 4.79 Å². The molecule has 86 valence electrons. The average molecular weight is 239 g/mol. The summed E-state index contributed by atoms with van der Waals surface area (Å²) in [4.78, 5) is 11.0. The molecule has 0 aliphatic rings. The van der Waals surface area contributed by atoms with Crippen LogP contribution < -0.4 is 0 Å². The molecule has 0 unspecified atom stereocenters. The van der Waals surface area contributed by atoms with Crippen molar-refractivity contribution in [1.82, 2.24) is 0 Å². The Hall–Kier alpha value is -1.28. The van der Waals surface area contributed by atoms with E-state index >= 15 is 0 Å². The van der Waals surface area contributed by atoms with Crippen LogP contribution in [0.25, 0.3) is 6.08 Å². The Kier molecular flexibility index (Phi) is 3.76. The summed E-state index contributed by atoms with van der Waals surface area (Å²) in [5.74, 6) is -0.824. The lowest BCUT2D eigenvalue weighted by atomic mass is 9.84. The van der Waals surface area contributed by atoms with Crippen molar-refractivity contribution in [3.05, 3.63) is 40.4 Å². The topological polar surface area (TPSA) is 37.3 Å². The molecule has 0 aliphatic heterocycles. The molecule has 16 heavy (non-hydrogen) atoms. The fourth-order valence-corrected chi connectivity index (χ4v) is 1.28. The minimum atomic E-state index is -0.848. The Morgan fingerprint density at radius 2 is 1.81 bits per heavy atom. The summed E-state index contributed by atoms with van der Waals surface area (Å²) in [6.07, 6.45) is 1.87. The van der Waals surface area contributed by atoms with Crippen molar-refractivity contribution in [2.24, 2.45) is 5.41 Å². The first-order valence-electron chi connectivity index (χ1n) is 5.02. The van der Waals surface area contributed by atoms with Crippen LogP contribution in [-0.2, 0) is 4.79 Å². The third-order valence-corrected chi connectivity index (χ3v) is 3.03. The average Bonchev–Trinajstić information content (AvgIpc) is 2.21. The number of carboxylic acids is 1. The van der Waals surface area contributed by atoms with E-state index < -0.39 is 11.4 Å². The van der Waals surface area contributed by atoms with E-state index in [4.69, 9.17) is 16.7 Å². The van der Waals surface area contributed by atoms with Crippen LogP contribution in [0.15, 0.2) is 29.8 Å². The fourth-order valence-electron chi connectivity index (χ4n) is 1.16. The van der Waals surface area contributed by atoms with Gasteiger partial charge >= 0.3 is 5.97 Å². The second kappa shape index (κ2) is 4.71. The van der Waals surface area contributed by atoms with Gasteiger partial charge in [-0.15, -0.1) is 0 Å². The van der Waals surface area contributed by atoms with Gasteiger partial charge in [0, 0.05) is 5.02 Å². The third-order valence-electron chi connectivity index (χ3n) is 2.77. The molecule has 0 bridgehead atoms. The number of carbonyl (C=O) groups is 1. The highest BCUT2D eigenvalue weighted by molar-refractivity contribution is 6.30. The quantitative estimate of drug-likeness (QED) is 0.868. The number of halogens is 1. The lowest BCUT2D eigenvalue weighted by Gasteiger charge is -2.20. The predicted molar refractivity (Wildman–Crippen MR) is 66.5 cm³/mol. The predicted octanol–water partition coefficient (Wildman–Crippen LogP) is 3.85. The lowest BCUT2D eigenvalue weighted by molar-refractivity contribution is -0.144. The molecular formula is C13H15ClO2. The van der Waals surface area contributed by atoms with E-state index in [1.54, 1.807) is 26.0 Å². The monoisotopic (exact) mass is 238 g/mol. The van der Waals surface area contributed by atoms with E-state index in [0.717, 1.165) is 11.1 Å². The molecule has 0 heterocycles. The van der Waals surface area contributed by atoms with Crippen molar-refractivity contribution in [2.75, 3.05) is 0 Å². The summed E-state index contributed by atoms with van der Waals surface area (Å²) in [5.41, 5.74) is 0.915. The van der Waals surface area contributed by atoms with Gasteiger partial charge in [-0.05, 0) is 38.5 Å². The molecule has 1 aromatic rings. The van der Waals surface area contributed by atoms with Crippen LogP contribution >= 0.6 is 11.6 Å². The zero-order valence-corrected chi connectivity index (χ0v) is 10.4. The van der Waals surface area contributed by atoms with Crippen molar-refractivity contribution < 1.29 is 9.90 Å². The molecule has 0 spiro atoms. The number of aliphatic carboxylic acids is 1. The van der Waals surface area contributed by atoms with Gasteiger partial charge in [0.2, 0.25) is 0 Å². The molecule has 2 nitrogen and oxygen atoms in total. The largest absolute Gasteiger partial charge is 0.481 e. The standard InChI is InChI=1S/C13H15ClO2/c1-9(13(2,3)12(15)16)8-10-4-6-11(14)7-5-10/h4-8H,1-3H3,(H,15,16)/b9-8+. The van der Waals surface area contributed by atoms with Gasteiger partial charge in [-0.25, -0.2) is 0 Å². The van der Waals surface area contributed by atoms with Crippen molar-refractivity contribution >= 4 is 23.6 Å². The molecule has 0 aromatic heterocycles. The van der Waals surface area contributed by atoms with E-state index in [9.17, 15) is 4.79 Å². The molecule has 0 saturated carbocycles. The van der Waals surface area contributed by atoms with Gasteiger partial charge in [-0.2, -0.15) is 0 Å². The van der Waals surface area contributed by atoms with E-state index in [1.807, 2.05) is 25.1 Å². The minimum Gasteiger partial charge on any atom is -0.481 e. The maximum atomic E-state index is 11.0. The Labute approximate surface area is 101 Å². The minimum absolute atomic E-state index is 0.673. The van der Waals surface area contributed by atoms with Crippen LogP contribution in [0, 0.1) is 5.41 Å². The van der Waals surface area contributed by atoms with Crippen LogP contribution in [0.2, 0.25) is 5.02 Å². The molecule has 0 fully saturated rings. The SMILES string of the molecule is C/C(=C\c1ccc(Cl)cc1)C(C)(C)C(=O)O. The van der Waals surface area contributed by atoms with E-state index in [1.165, 1.54) is 0 Å². The van der Waals surface area contributed by atoms with Gasteiger partial charge in [0.1, 0.15) is 0 Å². The van der Waals surface area contributed by atoms with Crippen molar-refractivity contribution in [3.63, 3.8) is 0 Å². The summed E-state index contributed by atoms with van der Waals surface area (Å²) in [6.45, 7) is 5.21. The summed E-state index contributed by atoms with van der Waals surface area (Å²) in [7, 11) is 0. The Balaban J connectivity index is 3.01. The van der Waals surface area contributed by atoms with Crippen molar-refractivity contribution in [3.8, 4) is 0 Å². The van der Waals surface area contributed by atoms with E-state index in [-0.39, 0.29) is 0 Å². The first-order valence-corrected chi connectivity index (χ1v) is 5.39. The van der Waals surface area contributed by atoms with E-state index in [2.05, 4.69) is 0 Å². The van der Waals surface area contributed by atoms with Crippen LogP contribution in [-0.4, -0.2) is 11.1 Å². The molecule has 3 heteroatoms. The first kappa shape index (κ1) is 12.8. The Bertz CT molecular complexity index is 416. The molecule has 0 aliphatic carbocycles. The van der Waals surface area contributed by atoms with Gasteiger partial charge in [-0.1, -0.05) is 35.4 Å². The zero-order valence-electron chi connectivity index (χ0n) is 9.62. The summed E-state index contributed by atoms with van der Waals surface area (Å²) >= 11 is 5.77. The summed E-state index contributed by atoms with van der Waals surface area (Å²) < 4.78 is 0. The highest BCUT2D eigenvalue weighted by atomic mass is 35.5. The normalized spacial score (nSPS) is 12.6. The van der Waals surface area contributed by atoms with Crippen LogP contribution in [0.5, 0.6) is 0 Å². The maximum Gasteiger partial charge on any atom is 0.313 e. The van der Waals surface area contributed by atoms with Crippen molar-refractivity contribution in [1.29, 1.82) is 0 Å². The zero-order chi connectivity index (χ0) is 12.3. The molecular weight excluding hydrogens is 224 g/mol. The highest BCUT2D eigenvalue weighted by Crippen LogP contribution is 2.28. The number of hydrogen-bond acceptors (Lipinski definition) is 1. The second-order valence-corrected chi connectivity index (χ2v) is 4.75. The molecule has 1 aromatic carbocycles. The maximum absolute atomic E-state index is 11.0. The molecule has 0 radical (unpaired) electrons. The number of carboxylic acid groups (broad SMARTS) is 1. The van der Waals surface area contributed by atoms with Crippen LogP contribution in [0.4, 0.5) is 0 Å². The fraction of sp³-hybridized carbons (Fsp3) is 0.308. The van der Waals surface area contributed by atoms with Crippen LogP contribution in [0.3, 0.4) is 0 Å². The molecule has 0 atom stereocenters. The highest BCUT2D eigenvalue weighted by Gasteiger charge is 2.28. The molecule has 0 amide bonds.